The molecule has 0 atom stereocenters. The Kier molecular flexibility index (Phi) is 4.51. The number of rotatable bonds is 4. The van der Waals surface area contributed by atoms with Crippen LogP contribution < -0.4 is 10.6 Å². The lowest BCUT2D eigenvalue weighted by Crippen LogP contribution is -2.34. The summed E-state index contributed by atoms with van der Waals surface area (Å²) in [5.74, 6) is 3.23. The normalized spacial score (nSPS) is 15.4. The molecule has 0 radical (unpaired) electrons. The summed E-state index contributed by atoms with van der Waals surface area (Å²) in [6, 6.07) is 3.94. The van der Waals surface area contributed by atoms with Gasteiger partial charge in [0.05, 0.1) is 5.56 Å². The Morgan fingerprint density at radius 2 is 2.04 bits per heavy atom. The van der Waals surface area contributed by atoms with Gasteiger partial charge in [0.25, 0.3) is 5.89 Å². The zero-order chi connectivity index (χ0) is 19.0. The minimum Gasteiger partial charge on any atom is -0.357 e. The molecular formula is C18H23N7O2. The van der Waals surface area contributed by atoms with Gasteiger partial charge in [0.2, 0.25) is 0 Å². The quantitative estimate of drug-likeness (QED) is 0.691. The first kappa shape index (κ1) is 17.4. The first-order chi connectivity index (χ1) is 13.1. The summed E-state index contributed by atoms with van der Waals surface area (Å²) in [4.78, 5) is 23.2. The van der Waals surface area contributed by atoms with Gasteiger partial charge in [0.1, 0.15) is 11.6 Å². The Labute approximate surface area is 156 Å². The molecule has 1 aliphatic heterocycles. The van der Waals surface area contributed by atoms with Crippen LogP contribution in [0.2, 0.25) is 0 Å². The van der Waals surface area contributed by atoms with Crippen LogP contribution in [0.4, 0.5) is 5.82 Å². The lowest BCUT2D eigenvalue weighted by molar-refractivity contribution is 0.425. The maximum absolute atomic E-state index is 12.1. The van der Waals surface area contributed by atoms with Gasteiger partial charge in [-0.2, -0.15) is 10.1 Å². The van der Waals surface area contributed by atoms with Gasteiger partial charge in [-0.3, -0.25) is 4.57 Å². The van der Waals surface area contributed by atoms with Crippen LogP contribution in [0.1, 0.15) is 37.3 Å². The van der Waals surface area contributed by atoms with Crippen molar-refractivity contribution in [1.29, 1.82) is 0 Å². The van der Waals surface area contributed by atoms with E-state index in [1.807, 2.05) is 19.1 Å². The molecule has 4 heterocycles. The van der Waals surface area contributed by atoms with Crippen molar-refractivity contribution in [1.82, 2.24) is 29.5 Å². The van der Waals surface area contributed by atoms with E-state index in [0.29, 0.717) is 24.2 Å². The number of hydrogen-bond acceptors (Lipinski definition) is 7. The van der Waals surface area contributed by atoms with Gasteiger partial charge in [-0.25, -0.2) is 14.5 Å². The van der Waals surface area contributed by atoms with Crippen LogP contribution in [0.25, 0.3) is 11.5 Å². The third kappa shape index (κ3) is 3.24. The summed E-state index contributed by atoms with van der Waals surface area (Å²) in [7, 11) is 1.71. The molecule has 0 saturated carbocycles. The van der Waals surface area contributed by atoms with Gasteiger partial charge in [-0.1, -0.05) is 5.16 Å². The van der Waals surface area contributed by atoms with Gasteiger partial charge in [0, 0.05) is 38.8 Å². The molecule has 142 valence electrons. The highest BCUT2D eigenvalue weighted by atomic mass is 16.5. The smallest absolute Gasteiger partial charge is 0.345 e. The second-order valence-corrected chi connectivity index (χ2v) is 6.82. The summed E-state index contributed by atoms with van der Waals surface area (Å²) in [6.07, 6.45) is 3.66. The Hall–Kier alpha value is -2.97. The van der Waals surface area contributed by atoms with Crippen LogP contribution in [0.15, 0.2) is 27.6 Å². The number of piperidine rings is 1. The lowest BCUT2D eigenvalue weighted by Gasteiger charge is -2.32. The maximum atomic E-state index is 12.1. The van der Waals surface area contributed by atoms with Gasteiger partial charge in [0.15, 0.2) is 5.82 Å². The second-order valence-electron chi connectivity index (χ2n) is 6.82. The van der Waals surface area contributed by atoms with E-state index in [4.69, 9.17) is 4.52 Å². The summed E-state index contributed by atoms with van der Waals surface area (Å²) in [5, 5.41) is 8.27. The van der Waals surface area contributed by atoms with E-state index < -0.39 is 0 Å². The molecule has 1 fully saturated rings. The standard InChI is InChI=1S/C18H23N7O2/c1-4-25-16(21-23(3)18(25)26)13-7-9-24(10-8-13)15-6-5-14(11-19-15)17-20-12(2)22-27-17/h5-6,11,13H,4,7-10H2,1-3H3. The van der Waals surface area contributed by atoms with Crippen molar-refractivity contribution in [3.05, 3.63) is 40.5 Å². The minimum atomic E-state index is -0.0385. The fraction of sp³-hybridized carbons (Fsp3) is 0.500. The van der Waals surface area contributed by atoms with Crippen molar-refractivity contribution in [2.75, 3.05) is 18.0 Å². The highest BCUT2D eigenvalue weighted by molar-refractivity contribution is 5.54. The van der Waals surface area contributed by atoms with Crippen LogP contribution >= 0.6 is 0 Å². The number of anilines is 1. The van der Waals surface area contributed by atoms with Gasteiger partial charge in [-0.15, -0.1) is 0 Å². The van der Waals surface area contributed by atoms with Crippen LogP contribution in [-0.2, 0) is 13.6 Å². The van der Waals surface area contributed by atoms with Crippen molar-refractivity contribution >= 4 is 5.82 Å². The molecule has 4 rings (SSSR count). The van der Waals surface area contributed by atoms with E-state index >= 15 is 0 Å². The molecule has 9 heteroatoms. The Morgan fingerprint density at radius 1 is 1.26 bits per heavy atom. The first-order valence-electron chi connectivity index (χ1n) is 9.22. The predicted molar refractivity (Wildman–Crippen MR) is 99.6 cm³/mol. The SMILES string of the molecule is CCn1c(C2CCN(c3ccc(-c4nc(C)no4)cn3)CC2)nn(C)c1=O. The molecule has 0 amide bonds. The molecule has 0 aromatic carbocycles. The number of hydrogen-bond donors (Lipinski definition) is 0. The van der Waals surface area contributed by atoms with E-state index in [9.17, 15) is 4.79 Å². The molecular weight excluding hydrogens is 346 g/mol. The van der Waals surface area contributed by atoms with Gasteiger partial charge < -0.3 is 9.42 Å². The van der Waals surface area contributed by atoms with Crippen molar-refractivity contribution in [2.45, 2.75) is 39.2 Å². The maximum Gasteiger partial charge on any atom is 0.345 e. The molecule has 9 nitrogen and oxygen atoms in total. The minimum absolute atomic E-state index is 0.0385. The molecule has 0 unspecified atom stereocenters. The number of pyridine rings is 1. The highest BCUT2D eigenvalue weighted by Gasteiger charge is 2.26. The molecule has 3 aromatic heterocycles. The Balaban J connectivity index is 1.45. The largest absolute Gasteiger partial charge is 0.357 e. The molecule has 1 saturated heterocycles. The average Bonchev–Trinajstić information content (AvgIpc) is 3.25. The Morgan fingerprint density at radius 3 is 2.63 bits per heavy atom. The van der Waals surface area contributed by atoms with Crippen molar-refractivity contribution < 1.29 is 4.52 Å². The molecule has 1 aliphatic rings. The summed E-state index contributed by atoms with van der Waals surface area (Å²) >= 11 is 0. The summed E-state index contributed by atoms with van der Waals surface area (Å²) in [5.41, 5.74) is 0.776. The number of aryl methyl sites for hydroxylation is 2. The molecule has 0 spiro atoms. The van der Waals surface area contributed by atoms with Gasteiger partial charge in [-0.05, 0) is 38.8 Å². The third-order valence-corrected chi connectivity index (χ3v) is 5.06. The van der Waals surface area contributed by atoms with Crippen molar-refractivity contribution in [2.24, 2.45) is 7.05 Å². The van der Waals surface area contributed by atoms with Gasteiger partial charge >= 0.3 is 5.69 Å². The first-order valence-corrected chi connectivity index (χ1v) is 9.22. The van der Waals surface area contributed by atoms with E-state index in [2.05, 4.69) is 25.1 Å². The average molecular weight is 369 g/mol. The monoisotopic (exact) mass is 369 g/mol. The highest BCUT2D eigenvalue weighted by Crippen LogP contribution is 2.29. The fourth-order valence-electron chi connectivity index (χ4n) is 3.60. The van der Waals surface area contributed by atoms with E-state index in [0.717, 1.165) is 43.1 Å². The zero-order valence-electron chi connectivity index (χ0n) is 15.8. The van der Waals surface area contributed by atoms with Crippen molar-refractivity contribution in [3.8, 4) is 11.5 Å². The van der Waals surface area contributed by atoms with Crippen LogP contribution in [0.5, 0.6) is 0 Å². The number of nitrogens with zero attached hydrogens (tertiary/aromatic N) is 7. The molecule has 0 aliphatic carbocycles. The molecule has 3 aromatic rings. The third-order valence-electron chi connectivity index (χ3n) is 5.06. The topological polar surface area (TPSA) is 94.9 Å². The van der Waals surface area contributed by atoms with E-state index in [1.165, 1.54) is 4.68 Å². The molecule has 0 N–H and O–H groups in total. The zero-order valence-corrected chi connectivity index (χ0v) is 15.8. The predicted octanol–water partition coefficient (Wildman–Crippen LogP) is 1.74. The summed E-state index contributed by atoms with van der Waals surface area (Å²) < 4.78 is 8.39. The molecule has 27 heavy (non-hydrogen) atoms. The fourth-order valence-corrected chi connectivity index (χ4v) is 3.60. The van der Waals surface area contributed by atoms with Crippen molar-refractivity contribution in [3.63, 3.8) is 0 Å². The van der Waals surface area contributed by atoms with Crippen LogP contribution in [0, 0.1) is 6.92 Å². The van der Waals surface area contributed by atoms with E-state index in [1.54, 1.807) is 24.7 Å². The second kappa shape index (κ2) is 6.98. The van der Waals surface area contributed by atoms with Crippen LogP contribution in [-0.4, -0.2) is 42.6 Å². The van der Waals surface area contributed by atoms with Crippen LogP contribution in [0.3, 0.4) is 0 Å². The molecule has 0 bridgehead atoms. The lowest BCUT2D eigenvalue weighted by atomic mass is 9.96. The van der Waals surface area contributed by atoms with E-state index in [-0.39, 0.29) is 5.69 Å². The number of aromatic nitrogens is 6. The Bertz CT molecular complexity index is 978. The summed E-state index contributed by atoms with van der Waals surface area (Å²) in [6.45, 7) is 6.19.